The van der Waals surface area contributed by atoms with Gasteiger partial charge in [0.15, 0.2) is 0 Å². The van der Waals surface area contributed by atoms with Crippen molar-refractivity contribution in [3.8, 4) is 37.0 Å². The average molecular weight is 359 g/mol. The van der Waals surface area contributed by atoms with Crippen molar-refractivity contribution < 1.29 is 0 Å². The fourth-order valence-electron chi connectivity index (χ4n) is 3.77. The minimum absolute atomic E-state index is 0.303. The van der Waals surface area contributed by atoms with Gasteiger partial charge in [-0.3, -0.25) is 4.90 Å². The van der Waals surface area contributed by atoms with Crippen molar-refractivity contribution in [2.24, 2.45) is 0 Å². The average Bonchev–Trinajstić information content (AvgIpc) is 2.77. The molecule has 0 bridgehead atoms. The summed E-state index contributed by atoms with van der Waals surface area (Å²) in [4.78, 5) is 2.05. The molecule has 0 aliphatic rings. The summed E-state index contributed by atoms with van der Waals surface area (Å²) < 4.78 is 0. The molecule has 0 amide bonds. The molecule has 0 radical (unpaired) electrons. The van der Waals surface area contributed by atoms with Gasteiger partial charge in [0, 0.05) is 0 Å². The monoisotopic (exact) mass is 359 g/mol. The molecule has 0 atom stereocenters. The summed E-state index contributed by atoms with van der Waals surface area (Å²) >= 11 is 0. The first-order chi connectivity index (χ1) is 13.8. The van der Waals surface area contributed by atoms with Gasteiger partial charge in [0.05, 0.1) is 12.1 Å². The van der Waals surface area contributed by atoms with Crippen molar-refractivity contribution in [2.75, 3.05) is 6.54 Å². The van der Waals surface area contributed by atoms with Gasteiger partial charge in [-0.25, -0.2) is 0 Å². The zero-order valence-electron chi connectivity index (χ0n) is 15.6. The smallest absolute Gasteiger partial charge is 0.135 e. The first kappa shape index (κ1) is 19.1. The molecule has 0 saturated carbocycles. The van der Waals surface area contributed by atoms with E-state index in [9.17, 15) is 0 Å². The van der Waals surface area contributed by atoms with E-state index in [1.807, 2.05) is 59.5 Å². The zero-order chi connectivity index (χ0) is 19.8. The van der Waals surface area contributed by atoms with Gasteiger partial charge in [0.25, 0.3) is 0 Å². The van der Waals surface area contributed by atoms with Crippen molar-refractivity contribution in [1.29, 1.82) is 0 Å². The quantitative estimate of drug-likeness (QED) is 0.461. The molecule has 3 rings (SSSR count). The molecule has 1 heteroatoms. The highest BCUT2D eigenvalue weighted by atomic mass is 15.2. The molecular weight excluding hydrogens is 338 g/mol. The fraction of sp³-hybridized carbons (Fsp3) is 0.111. The summed E-state index contributed by atoms with van der Waals surface area (Å²) in [5.41, 5.74) is 2.44. The van der Waals surface area contributed by atoms with Crippen molar-refractivity contribution in [3.05, 3.63) is 108 Å². The molecule has 0 unspecified atom stereocenters. The Morgan fingerprint density at radius 3 is 1.29 bits per heavy atom. The lowest BCUT2D eigenvalue weighted by Crippen LogP contribution is -2.52. The lowest BCUT2D eigenvalue weighted by molar-refractivity contribution is 0.174. The summed E-state index contributed by atoms with van der Waals surface area (Å²) in [5, 5.41) is 0. The van der Waals surface area contributed by atoms with Crippen LogP contribution in [0.1, 0.15) is 16.7 Å². The topological polar surface area (TPSA) is 3.24 Å². The molecule has 0 aromatic heterocycles. The Morgan fingerprint density at radius 1 is 0.643 bits per heavy atom. The Morgan fingerprint density at radius 2 is 1.00 bits per heavy atom. The van der Waals surface area contributed by atoms with Crippen LogP contribution in [0.2, 0.25) is 0 Å². The predicted molar refractivity (Wildman–Crippen MR) is 116 cm³/mol. The van der Waals surface area contributed by atoms with E-state index in [2.05, 4.69) is 54.2 Å². The van der Waals surface area contributed by atoms with Crippen LogP contribution in [0.4, 0.5) is 0 Å². The SMILES string of the molecule is C#CCN(C(C#C)C#C)C(c1ccccc1)(c1ccccc1)c1ccccc1. The van der Waals surface area contributed by atoms with E-state index in [0.29, 0.717) is 6.54 Å². The molecule has 0 aliphatic heterocycles. The standard InChI is InChI=1S/C27H21N/c1-4-22-28(26(5-2)6-3)27(23-16-10-7-11-17-23,24-18-12-8-13-19-24)25-20-14-9-15-21-25/h1-3,7-21,26H,22H2. The third-order valence-corrected chi connectivity index (χ3v) is 4.89. The molecule has 3 aromatic carbocycles. The van der Waals surface area contributed by atoms with Crippen LogP contribution in [0.3, 0.4) is 0 Å². The summed E-state index contributed by atoms with van der Waals surface area (Å²) in [6.07, 6.45) is 17.5. The molecule has 0 spiro atoms. The van der Waals surface area contributed by atoms with E-state index in [0.717, 1.165) is 16.7 Å². The second kappa shape index (κ2) is 8.79. The van der Waals surface area contributed by atoms with E-state index < -0.39 is 11.6 Å². The van der Waals surface area contributed by atoms with Crippen LogP contribution in [0, 0.1) is 37.0 Å². The molecule has 0 N–H and O–H groups in total. The minimum Gasteiger partial charge on any atom is -0.251 e. The third kappa shape index (κ3) is 3.31. The van der Waals surface area contributed by atoms with Crippen LogP contribution in [0.15, 0.2) is 91.0 Å². The number of nitrogens with zero attached hydrogens (tertiary/aromatic N) is 1. The number of rotatable bonds is 6. The largest absolute Gasteiger partial charge is 0.251 e. The molecule has 0 saturated heterocycles. The lowest BCUT2D eigenvalue weighted by Gasteiger charge is -2.46. The predicted octanol–water partition coefficient (Wildman–Crippen LogP) is 4.55. The summed E-state index contributed by atoms with van der Waals surface area (Å²) in [6, 6.07) is 30.1. The first-order valence-corrected chi connectivity index (χ1v) is 9.08. The molecule has 134 valence electrons. The van der Waals surface area contributed by atoms with Crippen LogP contribution in [-0.2, 0) is 5.54 Å². The Kier molecular flexibility index (Phi) is 5.99. The second-order valence-electron chi connectivity index (χ2n) is 6.38. The van der Waals surface area contributed by atoms with Gasteiger partial charge >= 0.3 is 0 Å². The maximum Gasteiger partial charge on any atom is 0.135 e. The molecular formula is C27H21N. The molecule has 28 heavy (non-hydrogen) atoms. The molecule has 0 fully saturated rings. The highest BCUT2D eigenvalue weighted by molar-refractivity contribution is 5.51. The highest BCUT2D eigenvalue weighted by Gasteiger charge is 2.44. The molecule has 0 heterocycles. The van der Waals surface area contributed by atoms with Gasteiger partial charge in [-0.2, -0.15) is 0 Å². The van der Waals surface area contributed by atoms with Crippen LogP contribution >= 0.6 is 0 Å². The van der Waals surface area contributed by atoms with Gasteiger partial charge < -0.3 is 0 Å². The Labute approximate surface area is 168 Å². The van der Waals surface area contributed by atoms with Crippen molar-refractivity contribution in [2.45, 2.75) is 11.6 Å². The molecule has 3 aromatic rings. The Hall–Kier alpha value is -3.70. The van der Waals surface area contributed by atoms with Crippen LogP contribution in [-0.4, -0.2) is 17.5 Å². The van der Waals surface area contributed by atoms with E-state index >= 15 is 0 Å². The van der Waals surface area contributed by atoms with Gasteiger partial charge in [0.2, 0.25) is 0 Å². The van der Waals surface area contributed by atoms with E-state index in [-0.39, 0.29) is 0 Å². The number of hydrogen-bond donors (Lipinski definition) is 0. The Balaban J connectivity index is 2.46. The van der Waals surface area contributed by atoms with E-state index in [1.165, 1.54) is 0 Å². The van der Waals surface area contributed by atoms with E-state index in [1.54, 1.807) is 0 Å². The maximum absolute atomic E-state index is 5.84. The van der Waals surface area contributed by atoms with E-state index in [4.69, 9.17) is 19.3 Å². The van der Waals surface area contributed by atoms with Gasteiger partial charge in [-0.1, -0.05) is 109 Å². The summed E-state index contributed by atoms with van der Waals surface area (Å²) in [5.74, 6) is 8.26. The zero-order valence-corrected chi connectivity index (χ0v) is 15.6. The van der Waals surface area contributed by atoms with Crippen molar-refractivity contribution in [3.63, 3.8) is 0 Å². The van der Waals surface area contributed by atoms with Crippen molar-refractivity contribution >= 4 is 0 Å². The highest BCUT2D eigenvalue weighted by Crippen LogP contribution is 2.43. The van der Waals surface area contributed by atoms with Crippen LogP contribution < -0.4 is 0 Å². The Bertz CT molecular complexity index is 904. The van der Waals surface area contributed by atoms with Crippen LogP contribution in [0.25, 0.3) is 0 Å². The second-order valence-corrected chi connectivity index (χ2v) is 6.38. The summed E-state index contributed by atoms with van der Waals surface area (Å²) in [7, 11) is 0. The van der Waals surface area contributed by atoms with Gasteiger partial charge in [-0.05, 0) is 16.7 Å². The normalized spacial score (nSPS) is 10.8. The van der Waals surface area contributed by atoms with Crippen LogP contribution in [0.5, 0.6) is 0 Å². The third-order valence-electron chi connectivity index (χ3n) is 4.89. The lowest BCUT2D eigenvalue weighted by atomic mass is 9.74. The fourth-order valence-corrected chi connectivity index (χ4v) is 3.77. The van der Waals surface area contributed by atoms with Crippen molar-refractivity contribution in [1.82, 2.24) is 4.90 Å². The minimum atomic E-state index is -0.723. The number of benzene rings is 3. The summed E-state index contributed by atoms with van der Waals surface area (Å²) in [6.45, 7) is 0.303. The molecule has 0 aliphatic carbocycles. The number of terminal acetylenes is 3. The van der Waals surface area contributed by atoms with Gasteiger partial charge in [-0.15, -0.1) is 19.3 Å². The number of hydrogen-bond acceptors (Lipinski definition) is 1. The first-order valence-electron chi connectivity index (χ1n) is 9.08. The molecule has 1 nitrogen and oxygen atoms in total. The van der Waals surface area contributed by atoms with Gasteiger partial charge in [0.1, 0.15) is 6.04 Å². The maximum atomic E-state index is 5.84.